The molecule has 0 radical (unpaired) electrons. The van der Waals surface area contributed by atoms with E-state index in [4.69, 9.17) is 16.3 Å². The summed E-state index contributed by atoms with van der Waals surface area (Å²) < 4.78 is 5.16. The normalized spacial score (nSPS) is 21.9. The van der Waals surface area contributed by atoms with Gasteiger partial charge in [0.25, 0.3) is 0 Å². The molecule has 126 valence electrons. The monoisotopic (exact) mass is 337 g/mol. The first-order valence-electron chi connectivity index (χ1n) is 8.01. The van der Waals surface area contributed by atoms with Crippen LogP contribution in [0.5, 0.6) is 0 Å². The minimum Gasteiger partial charge on any atom is -0.460 e. The fourth-order valence-electron chi connectivity index (χ4n) is 2.94. The number of carbonyl (C=O) groups excluding carboxylic acids is 1. The van der Waals surface area contributed by atoms with Crippen LogP contribution in [0.3, 0.4) is 0 Å². The molecule has 1 aromatic carbocycles. The fourth-order valence-corrected chi connectivity index (χ4v) is 3.12. The van der Waals surface area contributed by atoms with Crippen molar-refractivity contribution in [1.29, 1.82) is 0 Å². The summed E-state index contributed by atoms with van der Waals surface area (Å²) in [6.45, 7) is 8.08. The molecule has 1 aliphatic heterocycles. The van der Waals surface area contributed by atoms with Crippen LogP contribution in [0.4, 0.5) is 5.69 Å². The average molecular weight is 338 g/mol. The minimum atomic E-state index is -0.409. The summed E-state index contributed by atoms with van der Waals surface area (Å²) in [5.41, 5.74) is 3.55. The lowest BCUT2D eigenvalue weighted by atomic mass is 9.92. The Morgan fingerprint density at radius 1 is 1.35 bits per heavy atom. The van der Waals surface area contributed by atoms with Gasteiger partial charge in [0.15, 0.2) is 0 Å². The molecule has 0 unspecified atom stereocenters. The second kappa shape index (κ2) is 8.20. The van der Waals surface area contributed by atoms with Gasteiger partial charge < -0.3 is 9.64 Å². The van der Waals surface area contributed by atoms with Crippen LogP contribution in [0, 0.1) is 11.8 Å². The molecule has 0 amide bonds. The molecule has 1 aromatic rings. The minimum absolute atomic E-state index is 0.310. The molecule has 1 N–H and O–H groups in total. The number of hydrogen-bond donors (Lipinski definition) is 1. The number of halogens is 1. The maximum atomic E-state index is 12.3. The summed E-state index contributed by atoms with van der Waals surface area (Å²) in [7, 11) is 0. The van der Waals surface area contributed by atoms with E-state index in [1.807, 2.05) is 23.1 Å². The average Bonchev–Trinajstić information content (AvgIpc) is 2.48. The molecule has 23 heavy (non-hydrogen) atoms. The van der Waals surface area contributed by atoms with Gasteiger partial charge in [0.2, 0.25) is 5.84 Å². The number of piperidine rings is 1. The zero-order chi connectivity index (χ0) is 16.8. The molecule has 1 aliphatic rings. The number of ether oxygens (including phenoxy) is 1. The molecule has 1 fully saturated rings. The van der Waals surface area contributed by atoms with Gasteiger partial charge in [-0.1, -0.05) is 37.6 Å². The van der Waals surface area contributed by atoms with E-state index in [9.17, 15) is 4.79 Å². The number of nitrogens with zero attached hydrogens (tertiary/aromatic N) is 2. The number of rotatable bonds is 3. The topological polar surface area (TPSA) is 53.9 Å². The number of hydrogen-bond acceptors (Lipinski definition) is 4. The van der Waals surface area contributed by atoms with E-state index < -0.39 is 5.97 Å². The van der Waals surface area contributed by atoms with Gasteiger partial charge in [-0.25, -0.2) is 4.79 Å². The molecule has 2 atom stereocenters. The van der Waals surface area contributed by atoms with Crippen LogP contribution in [0.25, 0.3) is 0 Å². The van der Waals surface area contributed by atoms with Gasteiger partial charge in [-0.2, -0.15) is 0 Å². The first-order valence-corrected chi connectivity index (χ1v) is 8.39. The van der Waals surface area contributed by atoms with Crippen LogP contribution in [-0.4, -0.2) is 36.4 Å². The third-order valence-corrected chi connectivity index (χ3v) is 4.11. The maximum Gasteiger partial charge on any atom is 0.375 e. The van der Waals surface area contributed by atoms with Crippen molar-refractivity contribution in [3.63, 3.8) is 0 Å². The number of hydrazone groups is 1. The summed E-state index contributed by atoms with van der Waals surface area (Å²) in [6.07, 6.45) is 1.16. The molecular weight excluding hydrogens is 314 g/mol. The van der Waals surface area contributed by atoms with Gasteiger partial charge in [-0.3, -0.25) is 5.43 Å². The highest BCUT2D eigenvalue weighted by Gasteiger charge is 2.28. The zero-order valence-corrected chi connectivity index (χ0v) is 14.6. The Kier molecular flexibility index (Phi) is 6.28. The van der Waals surface area contributed by atoms with Crippen LogP contribution in [0.15, 0.2) is 29.4 Å². The Hall–Kier alpha value is -1.75. The zero-order valence-electron chi connectivity index (χ0n) is 13.9. The van der Waals surface area contributed by atoms with Crippen molar-refractivity contribution in [3.8, 4) is 0 Å². The van der Waals surface area contributed by atoms with Crippen molar-refractivity contribution in [1.82, 2.24) is 4.90 Å². The van der Waals surface area contributed by atoms with Crippen LogP contribution in [0.1, 0.15) is 27.2 Å². The number of anilines is 1. The van der Waals surface area contributed by atoms with Crippen molar-refractivity contribution in [2.24, 2.45) is 16.9 Å². The van der Waals surface area contributed by atoms with Crippen molar-refractivity contribution in [3.05, 3.63) is 29.3 Å². The predicted molar refractivity (Wildman–Crippen MR) is 93.7 cm³/mol. The maximum absolute atomic E-state index is 12.3. The van der Waals surface area contributed by atoms with Crippen molar-refractivity contribution in [2.75, 3.05) is 25.1 Å². The molecule has 0 aliphatic carbocycles. The highest BCUT2D eigenvalue weighted by molar-refractivity contribution is 6.35. The van der Waals surface area contributed by atoms with Crippen LogP contribution >= 0.6 is 11.6 Å². The van der Waals surface area contributed by atoms with E-state index in [1.54, 1.807) is 13.0 Å². The molecule has 2 rings (SSSR count). The number of likely N-dealkylation sites (tertiary alicyclic amines) is 1. The van der Waals surface area contributed by atoms with Crippen LogP contribution < -0.4 is 5.43 Å². The summed E-state index contributed by atoms with van der Waals surface area (Å²) in [4.78, 5) is 14.3. The summed E-state index contributed by atoms with van der Waals surface area (Å²) in [5, 5.41) is 4.85. The van der Waals surface area contributed by atoms with Crippen molar-refractivity contribution < 1.29 is 9.53 Å². The number of carbonyl (C=O) groups is 1. The second-order valence-electron chi connectivity index (χ2n) is 6.10. The highest BCUT2D eigenvalue weighted by Crippen LogP contribution is 2.23. The number of para-hydroxylation sites is 1. The first-order chi connectivity index (χ1) is 11.0. The molecule has 1 saturated heterocycles. The van der Waals surface area contributed by atoms with E-state index in [0.29, 0.717) is 35.0 Å². The number of esters is 1. The lowest BCUT2D eigenvalue weighted by molar-refractivity contribution is -0.136. The van der Waals surface area contributed by atoms with Gasteiger partial charge >= 0.3 is 5.97 Å². The van der Waals surface area contributed by atoms with Gasteiger partial charge in [0, 0.05) is 13.1 Å². The molecule has 0 aromatic heterocycles. The fraction of sp³-hybridized carbons (Fsp3) is 0.529. The second-order valence-corrected chi connectivity index (χ2v) is 6.51. The Bertz CT molecular complexity index is 567. The predicted octanol–water partition coefficient (Wildman–Crippen LogP) is 3.61. The Balaban J connectivity index is 2.21. The Morgan fingerprint density at radius 2 is 2.00 bits per heavy atom. The molecule has 5 nitrogen and oxygen atoms in total. The first kappa shape index (κ1) is 17.6. The highest BCUT2D eigenvalue weighted by atomic mass is 35.5. The van der Waals surface area contributed by atoms with E-state index in [-0.39, 0.29) is 0 Å². The molecule has 6 heteroatoms. The molecule has 0 bridgehead atoms. The van der Waals surface area contributed by atoms with Gasteiger partial charge in [-0.15, -0.1) is 5.10 Å². The van der Waals surface area contributed by atoms with Gasteiger partial charge in [-0.05, 0) is 37.3 Å². The van der Waals surface area contributed by atoms with E-state index in [1.165, 1.54) is 0 Å². The summed E-state index contributed by atoms with van der Waals surface area (Å²) in [5.74, 6) is 0.927. The standard InChI is InChI=1S/C17H24ClN3O2/c1-4-23-17(22)16(21-10-12(2)9-13(3)11-21)20-19-15-8-6-5-7-14(15)18/h5-8,12-13,19H,4,9-11H2,1-3H3/b20-16-/t12-,13+. The number of benzene rings is 1. The number of amidine groups is 1. The Morgan fingerprint density at radius 3 is 2.61 bits per heavy atom. The number of nitrogens with one attached hydrogen (secondary N) is 1. The molecular formula is C17H24ClN3O2. The summed E-state index contributed by atoms with van der Waals surface area (Å²) in [6, 6.07) is 7.29. The molecule has 1 heterocycles. The SMILES string of the molecule is CCOC(=O)/C(=N/Nc1ccccc1Cl)N1C[C@H](C)C[C@H](C)C1. The van der Waals surface area contributed by atoms with E-state index in [0.717, 1.165) is 19.5 Å². The Labute approximate surface area is 142 Å². The molecule has 0 spiro atoms. The van der Waals surface area contributed by atoms with Crippen molar-refractivity contribution >= 4 is 29.1 Å². The van der Waals surface area contributed by atoms with Crippen molar-refractivity contribution in [2.45, 2.75) is 27.2 Å². The van der Waals surface area contributed by atoms with Crippen LogP contribution in [0.2, 0.25) is 5.02 Å². The largest absolute Gasteiger partial charge is 0.460 e. The lowest BCUT2D eigenvalue weighted by Crippen LogP contribution is -2.46. The quantitative estimate of drug-likeness (QED) is 0.396. The van der Waals surface area contributed by atoms with E-state index in [2.05, 4.69) is 24.4 Å². The molecule has 0 saturated carbocycles. The lowest BCUT2D eigenvalue weighted by Gasteiger charge is -2.36. The van der Waals surface area contributed by atoms with Crippen LogP contribution in [-0.2, 0) is 9.53 Å². The van der Waals surface area contributed by atoms with Gasteiger partial charge in [0.1, 0.15) is 0 Å². The summed E-state index contributed by atoms with van der Waals surface area (Å²) >= 11 is 6.12. The smallest absolute Gasteiger partial charge is 0.375 e. The van der Waals surface area contributed by atoms with Gasteiger partial charge in [0.05, 0.1) is 17.3 Å². The third kappa shape index (κ3) is 4.86. The van der Waals surface area contributed by atoms with E-state index >= 15 is 0 Å². The third-order valence-electron chi connectivity index (χ3n) is 3.78.